The number of hydrogen-bond acceptors (Lipinski definition) is 3. The number of nitrogens with two attached hydrogens (primary N) is 1. The van der Waals surface area contributed by atoms with E-state index in [2.05, 4.69) is 45.3 Å². The van der Waals surface area contributed by atoms with Crippen molar-refractivity contribution in [1.82, 2.24) is 15.2 Å². The molecule has 23 heavy (non-hydrogen) atoms. The maximum absolute atomic E-state index is 6.03. The highest BCUT2D eigenvalue weighted by Crippen LogP contribution is 2.17. The van der Waals surface area contributed by atoms with Crippen LogP contribution in [0.4, 0.5) is 0 Å². The second-order valence-electron chi connectivity index (χ2n) is 6.00. The van der Waals surface area contributed by atoms with Crippen molar-refractivity contribution in [3.8, 4) is 0 Å². The number of fused-ring (bicyclic) bond motifs is 1. The van der Waals surface area contributed by atoms with E-state index in [0.717, 1.165) is 29.6 Å². The lowest BCUT2D eigenvalue weighted by molar-refractivity contribution is 0.267. The van der Waals surface area contributed by atoms with Crippen LogP contribution in [0.1, 0.15) is 25.3 Å². The third kappa shape index (κ3) is 3.79. The van der Waals surface area contributed by atoms with Gasteiger partial charge in [0, 0.05) is 24.2 Å². The zero-order valence-corrected chi connectivity index (χ0v) is 13.7. The number of nitrogens with one attached hydrogen (secondary N) is 1. The van der Waals surface area contributed by atoms with Crippen LogP contribution in [0.5, 0.6) is 0 Å². The van der Waals surface area contributed by atoms with Gasteiger partial charge in [-0.15, -0.1) is 0 Å². The molecule has 122 valence electrons. The number of aliphatic imine (C=N–C) groups is 1. The van der Waals surface area contributed by atoms with Gasteiger partial charge >= 0.3 is 0 Å². The molecular weight excluding hydrogens is 286 g/mol. The Morgan fingerprint density at radius 1 is 1.39 bits per heavy atom. The maximum atomic E-state index is 6.03. The molecule has 1 aliphatic rings. The van der Waals surface area contributed by atoms with Gasteiger partial charge in [0.05, 0.1) is 12.1 Å². The summed E-state index contributed by atoms with van der Waals surface area (Å²) in [6, 6.07) is 10.8. The summed E-state index contributed by atoms with van der Waals surface area (Å²) in [6.45, 7) is 5.93. The standard InChI is InChI=1S/C18H25N5/c1-2-23-11-5-9-16(23)13-22-18(19)21-12-15-7-3-6-14-8-4-10-20-17(14)15/h3-4,6-8,10,16H,2,5,9,11-13H2,1H3,(H3,19,21,22). The molecule has 2 heterocycles. The molecular formula is C18H25N5. The predicted molar refractivity (Wildman–Crippen MR) is 95.3 cm³/mol. The first-order valence-corrected chi connectivity index (χ1v) is 8.38. The number of benzene rings is 1. The van der Waals surface area contributed by atoms with Crippen molar-refractivity contribution < 1.29 is 0 Å². The Morgan fingerprint density at radius 3 is 3.13 bits per heavy atom. The third-order valence-corrected chi connectivity index (χ3v) is 4.56. The summed E-state index contributed by atoms with van der Waals surface area (Å²) >= 11 is 0. The van der Waals surface area contributed by atoms with E-state index in [1.807, 2.05) is 18.3 Å². The van der Waals surface area contributed by atoms with Gasteiger partial charge in [0.1, 0.15) is 0 Å². The molecule has 1 aliphatic heterocycles. The zero-order chi connectivity index (χ0) is 16.1. The van der Waals surface area contributed by atoms with E-state index in [4.69, 9.17) is 5.73 Å². The van der Waals surface area contributed by atoms with E-state index in [1.165, 1.54) is 19.4 Å². The molecule has 1 saturated heterocycles. The Balaban J connectivity index is 1.60. The molecule has 0 aliphatic carbocycles. The zero-order valence-electron chi connectivity index (χ0n) is 13.7. The van der Waals surface area contributed by atoms with Gasteiger partial charge in [-0.2, -0.15) is 0 Å². The Labute approximate surface area is 137 Å². The summed E-state index contributed by atoms with van der Waals surface area (Å²) in [6.07, 6.45) is 4.33. The molecule has 2 aromatic rings. The minimum Gasteiger partial charge on any atom is -0.370 e. The SMILES string of the molecule is CCN1CCCC1CNC(N)=NCc1cccc2cccnc12. The van der Waals surface area contributed by atoms with E-state index in [9.17, 15) is 0 Å². The fourth-order valence-electron chi connectivity index (χ4n) is 3.29. The maximum Gasteiger partial charge on any atom is 0.188 e. The molecule has 1 atom stereocenters. The van der Waals surface area contributed by atoms with E-state index in [0.29, 0.717) is 18.5 Å². The van der Waals surface area contributed by atoms with Gasteiger partial charge in [0.2, 0.25) is 0 Å². The molecule has 0 spiro atoms. The highest BCUT2D eigenvalue weighted by Gasteiger charge is 2.22. The van der Waals surface area contributed by atoms with Gasteiger partial charge in [-0.05, 0) is 37.6 Å². The van der Waals surface area contributed by atoms with Crippen molar-refractivity contribution in [2.45, 2.75) is 32.4 Å². The molecule has 1 fully saturated rings. The Morgan fingerprint density at radius 2 is 2.26 bits per heavy atom. The summed E-state index contributed by atoms with van der Waals surface area (Å²) in [7, 11) is 0. The van der Waals surface area contributed by atoms with Crippen molar-refractivity contribution in [3.05, 3.63) is 42.1 Å². The molecule has 1 aromatic carbocycles. The Bertz CT molecular complexity index is 677. The fraction of sp³-hybridized carbons (Fsp3) is 0.444. The molecule has 3 N–H and O–H groups in total. The van der Waals surface area contributed by atoms with Crippen LogP contribution in [0.15, 0.2) is 41.5 Å². The van der Waals surface area contributed by atoms with E-state index >= 15 is 0 Å². The molecule has 0 bridgehead atoms. The van der Waals surface area contributed by atoms with Crippen LogP contribution < -0.4 is 11.1 Å². The molecule has 5 nitrogen and oxygen atoms in total. The van der Waals surface area contributed by atoms with Crippen LogP contribution in [-0.4, -0.2) is 41.5 Å². The van der Waals surface area contributed by atoms with Crippen LogP contribution in [0, 0.1) is 0 Å². The average Bonchev–Trinajstić information content (AvgIpc) is 3.05. The van der Waals surface area contributed by atoms with Crippen LogP contribution in [0.25, 0.3) is 10.9 Å². The van der Waals surface area contributed by atoms with Crippen molar-refractivity contribution >= 4 is 16.9 Å². The van der Waals surface area contributed by atoms with Gasteiger partial charge < -0.3 is 11.1 Å². The van der Waals surface area contributed by atoms with Crippen LogP contribution in [-0.2, 0) is 6.54 Å². The van der Waals surface area contributed by atoms with Crippen LogP contribution >= 0.6 is 0 Å². The van der Waals surface area contributed by atoms with Crippen molar-refractivity contribution in [2.24, 2.45) is 10.7 Å². The van der Waals surface area contributed by atoms with Crippen LogP contribution in [0.3, 0.4) is 0 Å². The van der Waals surface area contributed by atoms with Gasteiger partial charge in [0.15, 0.2) is 5.96 Å². The number of likely N-dealkylation sites (tertiary alicyclic amines) is 1. The summed E-state index contributed by atoms with van der Waals surface area (Å²) in [5.41, 5.74) is 8.13. The number of guanidine groups is 1. The second kappa shape index (κ2) is 7.42. The summed E-state index contributed by atoms with van der Waals surface area (Å²) < 4.78 is 0. The van der Waals surface area contributed by atoms with E-state index in [-0.39, 0.29) is 0 Å². The minimum absolute atomic E-state index is 0.515. The van der Waals surface area contributed by atoms with Gasteiger partial charge in [-0.25, -0.2) is 4.99 Å². The van der Waals surface area contributed by atoms with Crippen molar-refractivity contribution in [2.75, 3.05) is 19.6 Å². The monoisotopic (exact) mass is 311 g/mol. The number of rotatable bonds is 5. The second-order valence-corrected chi connectivity index (χ2v) is 6.00. The molecule has 0 radical (unpaired) electrons. The lowest BCUT2D eigenvalue weighted by Gasteiger charge is -2.23. The Kier molecular flexibility index (Phi) is 5.08. The molecule has 1 aromatic heterocycles. The Hall–Kier alpha value is -2.14. The molecule has 0 saturated carbocycles. The summed E-state index contributed by atoms with van der Waals surface area (Å²) in [5, 5.41) is 4.41. The molecule has 3 rings (SSSR count). The predicted octanol–water partition coefficient (Wildman–Crippen LogP) is 2.12. The fourth-order valence-corrected chi connectivity index (χ4v) is 3.29. The van der Waals surface area contributed by atoms with E-state index < -0.39 is 0 Å². The molecule has 0 amide bonds. The normalized spacial score (nSPS) is 19.3. The lowest BCUT2D eigenvalue weighted by Crippen LogP contribution is -2.42. The first-order valence-electron chi connectivity index (χ1n) is 8.38. The van der Waals surface area contributed by atoms with Crippen LogP contribution in [0.2, 0.25) is 0 Å². The first kappa shape index (κ1) is 15.7. The quantitative estimate of drug-likeness (QED) is 0.656. The lowest BCUT2D eigenvalue weighted by atomic mass is 10.1. The highest BCUT2D eigenvalue weighted by molar-refractivity contribution is 5.82. The number of para-hydroxylation sites is 1. The highest BCUT2D eigenvalue weighted by atomic mass is 15.2. The average molecular weight is 311 g/mol. The largest absolute Gasteiger partial charge is 0.370 e. The van der Waals surface area contributed by atoms with Crippen molar-refractivity contribution in [1.29, 1.82) is 0 Å². The summed E-state index contributed by atoms with van der Waals surface area (Å²) in [4.78, 5) is 11.4. The van der Waals surface area contributed by atoms with Crippen molar-refractivity contribution in [3.63, 3.8) is 0 Å². The number of aromatic nitrogens is 1. The minimum atomic E-state index is 0.515. The molecule has 1 unspecified atom stereocenters. The molecule has 5 heteroatoms. The van der Waals surface area contributed by atoms with Gasteiger partial charge in [-0.1, -0.05) is 31.2 Å². The number of pyridine rings is 1. The van der Waals surface area contributed by atoms with Gasteiger partial charge in [-0.3, -0.25) is 9.88 Å². The van der Waals surface area contributed by atoms with Gasteiger partial charge in [0.25, 0.3) is 0 Å². The number of likely N-dealkylation sites (N-methyl/N-ethyl adjacent to an activating group) is 1. The smallest absolute Gasteiger partial charge is 0.188 e. The summed E-state index contributed by atoms with van der Waals surface area (Å²) in [5.74, 6) is 0.515. The van der Waals surface area contributed by atoms with E-state index in [1.54, 1.807) is 0 Å². The number of nitrogens with zero attached hydrogens (tertiary/aromatic N) is 3. The first-order chi connectivity index (χ1) is 11.3. The number of hydrogen-bond donors (Lipinski definition) is 2. The third-order valence-electron chi connectivity index (χ3n) is 4.56. The topological polar surface area (TPSA) is 66.5 Å².